The molecule has 1 saturated carbocycles. The fraction of sp³-hybridized carbons (Fsp3) is 0.846. The third kappa shape index (κ3) is 3.48. The van der Waals surface area contributed by atoms with Gasteiger partial charge in [0.05, 0.1) is 11.7 Å². The van der Waals surface area contributed by atoms with Crippen LogP contribution in [0.5, 0.6) is 0 Å². The van der Waals surface area contributed by atoms with Crippen molar-refractivity contribution in [3.8, 4) is 0 Å². The first-order valence-corrected chi connectivity index (χ1v) is 7.95. The van der Waals surface area contributed by atoms with Gasteiger partial charge in [-0.1, -0.05) is 31.8 Å². The van der Waals surface area contributed by atoms with E-state index in [1.54, 1.807) is 0 Å². The Morgan fingerprint density at radius 1 is 1.44 bits per heavy atom. The van der Waals surface area contributed by atoms with E-state index in [2.05, 4.69) is 24.0 Å². The lowest BCUT2D eigenvalue weighted by Gasteiger charge is -2.25. The smallest absolute Gasteiger partial charge is 0.231 e. The van der Waals surface area contributed by atoms with Crippen LogP contribution in [0.15, 0.2) is 4.52 Å². The van der Waals surface area contributed by atoms with Gasteiger partial charge in [-0.2, -0.15) is 16.7 Å². The van der Waals surface area contributed by atoms with Gasteiger partial charge in [0.25, 0.3) is 0 Å². The monoisotopic (exact) mass is 269 g/mol. The van der Waals surface area contributed by atoms with E-state index in [1.165, 1.54) is 19.3 Å². The fourth-order valence-corrected chi connectivity index (χ4v) is 3.06. The van der Waals surface area contributed by atoms with Crippen LogP contribution in [0.3, 0.4) is 0 Å². The zero-order valence-electron chi connectivity index (χ0n) is 11.3. The van der Waals surface area contributed by atoms with Crippen LogP contribution in [0.2, 0.25) is 0 Å². The Kier molecular flexibility index (Phi) is 5.06. The van der Waals surface area contributed by atoms with Crippen molar-refractivity contribution in [2.75, 3.05) is 0 Å². The highest BCUT2D eigenvalue weighted by atomic mass is 32.2. The van der Waals surface area contributed by atoms with Gasteiger partial charge in [-0.05, 0) is 19.3 Å². The van der Waals surface area contributed by atoms with Gasteiger partial charge in [-0.25, -0.2) is 0 Å². The van der Waals surface area contributed by atoms with Gasteiger partial charge >= 0.3 is 0 Å². The Morgan fingerprint density at radius 3 is 2.94 bits per heavy atom. The van der Waals surface area contributed by atoms with Gasteiger partial charge in [0.15, 0.2) is 5.82 Å². The van der Waals surface area contributed by atoms with Crippen molar-refractivity contribution in [2.24, 2.45) is 5.73 Å². The van der Waals surface area contributed by atoms with Gasteiger partial charge in [0, 0.05) is 11.3 Å². The molecule has 1 aromatic heterocycles. The number of nitrogens with two attached hydrogens (primary N) is 1. The molecule has 0 aromatic carbocycles. The number of hydrogen-bond donors (Lipinski definition) is 1. The summed E-state index contributed by atoms with van der Waals surface area (Å²) in [4.78, 5) is 4.51. The third-order valence-electron chi connectivity index (χ3n) is 3.69. The van der Waals surface area contributed by atoms with Gasteiger partial charge in [-0.15, -0.1) is 0 Å². The van der Waals surface area contributed by atoms with E-state index in [-0.39, 0.29) is 12.0 Å². The summed E-state index contributed by atoms with van der Waals surface area (Å²) < 4.78 is 5.39. The van der Waals surface area contributed by atoms with E-state index in [4.69, 9.17) is 10.3 Å². The van der Waals surface area contributed by atoms with E-state index in [9.17, 15) is 0 Å². The maximum Gasteiger partial charge on any atom is 0.231 e. The Morgan fingerprint density at radius 2 is 2.22 bits per heavy atom. The maximum absolute atomic E-state index is 6.13. The number of rotatable bonds is 5. The highest BCUT2D eigenvalue weighted by molar-refractivity contribution is 7.99. The lowest BCUT2D eigenvalue weighted by molar-refractivity contribution is 0.289. The minimum atomic E-state index is 0.189. The molecule has 18 heavy (non-hydrogen) atoms. The van der Waals surface area contributed by atoms with Crippen molar-refractivity contribution >= 4 is 11.8 Å². The number of aromatic nitrogens is 2. The van der Waals surface area contributed by atoms with Crippen LogP contribution in [0.25, 0.3) is 0 Å². The molecule has 0 amide bonds. The van der Waals surface area contributed by atoms with Gasteiger partial charge < -0.3 is 10.3 Å². The summed E-state index contributed by atoms with van der Waals surface area (Å²) in [5.74, 6) is 2.67. The SMILES string of the molecule is CCC(C)SCc1noc(C2CCCCC2N)n1. The van der Waals surface area contributed by atoms with Crippen LogP contribution >= 0.6 is 11.8 Å². The average Bonchev–Trinajstić information content (AvgIpc) is 2.85. The normalized spacial score (nSPS) is 26.2. The molecule has 0 aliphatic heterocycles. The molecular formula is C13H23N3OS. The van der Waals surface area contributed by atoms with Crippen LogP contribution in [0.1, 0.15) is 63.6 Å². The first-order valence-electron chi connectivity index (χ1n) is 6.90. The van der Waals surface area contributed by atoms with Crippen LogP contribution < -0.4 is 5.73 Å². The lowest BCUT2D eigenvalue weighted by Crippen LogP contribution is -2.31. The predicted octanol–water partition coefficient (Wildman–Crippen LogP) is 3.09. The molecule has 102 valence electrons. The molecule has 3 atom stereocenters. The van der Waals surface area contributed by atoms with Crippen molar-refractivity contribution in [1.82, 2.24) is 10.1 Å². The van der Waals surface area contributed by atoms with Crippen LogP contribution in [-0.4, -0.2) is 21.4 Å². The summed E-state index contributed by atoms with van der Waals surface area (Å²) >= 11 is 1.87. The second kappa shape index (κ2) is 6.57. The first-order chi connectivity index (χ1) is 8.70. The minimum absolute atomic E-state index is 0.189. The van der Waals surface area contributed by atoms with Gasteiger partial charge in [0.2, 0.25) is 5.89 Å². The summed E-state index contributed by atoms with van der Waals surface area (Å²) in [7, 11) is 0. The zero-order chi connectivity index (χ0) is 13.0. The summed E-state index contributed by atoms with van der Waals surface area (Å²) in [5, 5.41) is 4.71. The second-order valence-corrected chi connectivity index (χ2v) is 6.56. The lowest BCUT2D eigenvalue weighted by atomic mass is 9.85. The quantitative estimate of drug-likeness (QED) is 0.890. The molecule has 0 bridgehead atoms. The van der Waals surface area contributed by atoms with Crippen molar-refractivity contribution in [3.63, 3.8) is 0 Å². The molecule has 1 aliphatic carbocycles. The van der Waals surface area contributed by atoms with Gasteiger partial charge in [-0.3, -0.25) is 0 Å². The van der Waals surface area contributed by atoms with E-state index in [0.29, 0.717) is 5.25 Å². The molecule has 4 nitrogen and oxygen atoms in total. The van der Waals surface area contributed by atoms with E-state index < -0.39 is 0 Å². The average molecular weight is 269 g/mol. The van der Waals surface area contributed by atoms with Crippen molar-refractivity contribution in [2.45, 2.75) is 68.9 Å². The van der Waals surface area contributed by atoms with Crippen molar-refractivity contribution in [1.29, 1.82) is 0 Å². The second-order valence-electron chi connectivity index (χ2n) is 5.13. The molecule has 0 radical (unpaired) electrons. The molecule has 0 spiro atoms. The molecule has 1 aromatic rings. The van der Waals surface area contributed by atoms with Crippen molar-refractivity contribution < 1.29 is 4.52 Å². The highest BCUT2D eigenvalue weighted by Gasteiger charge is 2.28. The molecule has 1 fully saturated rings. The molecule has 2 N–H and O–H groups in total. The summed E-state index contributed by atoms with van der Waals surface area (Å²) in [6.07, 6.45) is 5.77. The Hall–Kier alpha value is -0.550. The van der Waals surface area contributed by atoms with Gasteiger partial charge in [0.1, 0.15) is 0 Å². The molecule has 2 rings (SSSR count). The largest absolute Gasteiger partial charge is 0.339 e. The topological polar surface area (TPSA) is 64.9 Å². The number of hydrogen-bond acceptors (Lipinski definition) is 5. The van der Waals surface area contributed by atoms with Crippen LogP contribution in [0, 0.1) is 0 Å². The highest BCUT2D eigenvalue weighted by Crippen LogP contribution is 2.31. The summed E-state index contributed by atoms with van der Waals surface area (Å²) in [6.45, 7) is 4.42. The maximum atomic E-state index is 6.13. The minimum Gasteiger partial charge on any atom is -0.339 e. The molecule has 1 aliphatic rings. The molecule has 5 heteroatoms. The predicted molar refractivity (Wildman–Crippen MR) is 74.5 cm³/mol. The van der Waals surface area contributed by atoms with E-state index in [1.807, 2.05) is 11.8 Å². The van der Waals surface area contributed by atoms with Crippen LogP contribution in [-0.2, 0) is 5.75 Å². The van der Waals surface area contributed by atoms with E-state index in [0.717, 1.165) is 30.3 Å². The molecule has 3 unspecified atom stereocenters. The Labute approximate surface area is 113 Å². The van der Waals surface area contributed by atoms with Crippen molar-refractivity contribution in [3.05, 3.63) is 11.7 Å². The van der Waals surface area contributed by atoms with Crippen LogP contribution in [0.4, 0.5) is 0 Å². The molecule has 0 saturated heterocycles. The summed E-state index contributed by atoms with van der Waals surface area (Å²) in [6, 6.07) is 0.189. The zero-order valence-corrected chi connectivity index (χ0v) is 12.1. The molecular weight excluding hydrogens is 246 g/mol. The Balaban J connectivity index is 1.92. The van der Waals surface area contributed by atoms with E-state index >= 15 is 0 Å². The summed E-state index contributed by atoms with van der Waals surface area (Å²) in [5.41, 5.74) is 6.13. The first kappa shape index (κ1) is 13.9. The third-order valence-corrected chi connectivity index (χ3v) is 5.02. The standard InChI is InChI=1S/C13H23N3OS/c1-3-9(2)18-8-12-15-13(17-16-12)10-6-4-5-7-11(10)14/h9-11H,3-8,14H2,1-2H3. The number of thioether (sulfide) groups is 1. The molecule has 1 heterocycles. The number of nitrogens with zero attached hydrogens (tertiary/aromatic N) is 2. The fourth-order valence-electron chi connectivity index (χ4n) is 2.28. The Bertz CT molecular complexity index is 369.